The van der Waals surface area contributed by atoms with E-state index in [0.29, 0.717) is 17.9 Å². The third kappa shape index (κ3) is 3.63. The molecule has 1 aliphatic heterocycles. The molecule has 1 aliphatic carbocycles. The molecule has 3 nitrogen and oxygen atoms in total. The predicted octanol–water partition coefficient (Wildman–Crippen LogP) is 1.81. The molecule has 0 radical (unpaired) electrons. The van der Waals surface area contributed by atoms with Crippen molar-refractivity contribution in [1.29, 1.82) is 0 Å². The minimum absolute atomic E-state index is 0. The first kappa shape index (κ1) is 13.8. The van der Waals surface area contributed by atoms with Crippen LogP contribution in [0.1, 0.15) is 39.0 Å². The zero-order valence-electron chi connectivity index (χ0n) is 10.1. The minimum Gasteiger partial charge on any atom is -0.340 e. The molecule has 4 heteroatoms. The number of carbonyl (C=O) groups is 1. The van der Waals surface area contributed by atoms with Crippen LogP contribution in [0.5, 0.6) is 0 Å². The summed E-state index contributed by atoms with van der Waals surface area (Å²) >= 11 is 0. The lowest BCUT2D eigenvalue weighted by molar-refractivity contribution is -0.133. The molecule has 1 atom stereocenters. The molecular formula is C12H23ClN2O. The summed E-state index contributed by atoms with van der Waals surface area (Å²) in [4.78, 5) is 14.0. The largest absolute Gasteiger partial charge is 0.340 e. The second-order valence-corrected chi connectivity index (χ2v) is 5.05. The summed E-state index contributed by atoms with van der Waals surface area (Å²) in [7, 11) is 0. The molecule has 2 aliphatic rings. The molecule has 0 unspecified atom stereocenters. The Kier molecular flexibility index (Phi) is 5.56. The molecule has 0 bridgehead atoms. The molecule has 1 saturated carbocycles. The Morgan fingerprint density at radius 1 is 1.38 bits per heavy atom. The zero-order chi connectivity index (χ0) is 10.7. The van der Waals surface area contributed by atoms with E-state index >= 15 is 0 Å². The second-order valence-electron chi connectivity index (χ2n) is 5.05. The van der Waals surface area contributed by atoms with Crippen LogP contribution in [0.2, 0.25) is 0 Å². The van der Waals surface area contributed by atoms with Gasteiger partial charge in [-0.05, 0) is 25.7 Å². The topological polar surface area (TPSA) is 32.3 Å². The molecule has 1 N–H and O–H groups in total. The van der Waals surface area contributed by atoms with Gasteiger partial charge in [0.2, 0.25) is 5.91 Å². The average molecular weight is 247 g/mol. The zero-order valence-corrected chi connectivity index (χ0v) is 10.9. The van der Waals surface area contributed by atoms with Gasteiger partial charge in [0.1, 0.15) is 0 Å². The van der Waals surface area contributed by atoms with Gasteiger partial charge in [0.05, 0.1) is 0 Å². The van der Waals surface area contributed by atoms with Crippen molar-refractivity contribution in [1.82, 2.24) is 10.2 Å². The highest BCUT2D eigenvalue weighted by molar-refractivity contribution is 5.85. The van der Waals surface area contributed by atoms with E-state index in [-0.39, 0.29) is 12.4 Å². The Bertz CT molecular complexity index is 229. The number of rotatable bonds is 2. The Morgan fingerprint density at radius 3 is 2.69 bits per heavy atom. The first-order valence-corrected chi connectivity index (χ1v) is 6.27. The van der Waals surface area contributed by atoms with Gasteiger partial charge >= 0.3 is 0 Å². The molecule has 16 heavy (non-hydrogen) atoms. The van der Waals surface area contributed by atoms with E-state index in [1.165, 1.54) is 25.7 Å². The molecular weight excluding hydrogens is 224 g/mol. The van der Waals surface area contributed by atoms with Gasteiger partial charge in [0.15, 0.2) is 0 Å². The van der Waals surface area contributed by atoms with Crippen molar-refractivity contribution in [3.8, 4) is 0 Å². The molecule has 2 fully saturated rings. The van der Waals surface area contributed by atoms with Crippen molar-refractivity contribution in [2.75, 3.05) is 19.6 Å². The number of piperazine rings is 1. The van der Waals surface area contributed by atoms with Crippen molar-refractivity contribution < 1.29 is 4.79 Å². The van der Waals surface area contributed by atoms with E-state index in [4.69, 9.17) is 0 Å². The lowest BCUT2D eigenvalue weighted by atomic mass is 10.0. The number of halogens is 1. The summed E-state index contributed by atoms with van der Waals surface area (Å²) in [6.07, 6.45) is 6.00. The maximum atomic E-state index is 12.0. The lowest BCUT2D eigenvalue weighted by Gasteiger charge is -2.32. The van der Waals surface area contributed by atoms with Crippen LogP contribution >= 0.6 is 12.4 Å². The van der Waals surface area contributed by atoms with E-state index in [2.05, 4.69) is 12.2 Å². The number of nitrogens with zero attached hydrogens (tertiary/aromatic N) is 1. The van der Waals surface area contributed by atoms with E-state index in [1.54, 1.807) is 0 Å². The molecule has 1 saturated heterocycles. The molecule has 1 amide bonds. The number of hydrogen-bond acceptors (Lipinski definition) is 2. The molecule has 0 spiro atoms. The quantitative estimate of drug-likeness (QED) is 0.806. The summed E-state index contributed by atoms with van der Waals surface area (Å²) in [6, 6.07) is 0.464. The standard InChI is InChI=1S/C12H22N2O.ClH/c1-10-9-14(7-6-13-10)12(15)8-11-4-2-3-5-11;/h10-11,13H,2-9H2,1H3;1H/t10-;/m1./s1. The minimum atomic E-state index is 0. The predicted molar refractivity (Wildman–Crippen MR) is 67.9 cm³/mol. The van der Waals surface area contributed by atoms with Crippen molar-refractivity contribution in [3.05, 3.63) is 0 Å². The summed E-state index contributed by atoms with van der Waals surface area (Å²) < 4.78 is 0. The fraction of sp³-hybridized carbons (Fsp3) is 0.917. The van der Waals surface area contributed by atoms with Crippen molar-refractivity contribution >= 4 is 18.3 Å². The molecule has 0 aromatic heterocycles. The van der Waals surface area contributed by atoms with E-state index < -0.39 is 0 Å². The van der Waals surface area contributed by atoms with Crippen LogP contribution in [0.3, 0.4) is 0 Å². The number of amides is 1. The lowest BCUT2D eigenvalue weighted by Crippen LogP contribution is -2.51. The van der Waals surface area contributed by atoms with Crippen LogP contribution < -0.4 is 5.32 Å². The molecule has 0 aromatic carbocycles. The Balaban J connectivity index is 0.00000128. The van der Waals surface area contributed by atoms with Crippen LogP contribution in [0.25, 0.3) is 0 Å². The van der Waals surface area contributed by atoms with E-state index in [9.17, 15) is 4.79 Å². The van der Waals surface area contributed by atoms with Gasteiger partial charge in [0.25, 0.3) is 0 Å². The van der Waals surface area contributed by atoms with Crippen LogP contribution in [-0.2, 0) is 4.79 Å². The Labute approximate surface area is 104 Å². The van der Waals surface area contributed by atoms with Crippen molar-refractivity contribution in [2.24, 2.45) is 5.92 Å². The van der Waals surface area contributed by atoms with Crippen LogP contribution in [0.4, 0.5) is 0 Å². The van der Waals surface area contributed by atoms with Gasteiger partial charge < -0.3 is 10.2 Å². The SMILES string of the molecule is C[C@@H]1CN(C(=O)CC2CCCC2)CCN1.Cl. The highest BCUT2D eigenvalue weighted by Gasteiger charge is 2.24. The maximum Gasteiger partial charge on any atom is 0.222 e. The van der Waals surface area contributed by atoms with Gasteiger partial charge in [-0.1, -0.05) is 12.8 Å². The van der Waals surface area contributed by atoms with Crippen LogP contribution in [0, 0.1) is 5.92 Å². The normalized spacial score (nSPS) is 26.6. The van der Waals surface area contributed by atoms with Gasteiger partial charge in [-0.2, -0.15) is 0 Å². The van der Waals surface area contributed by atoms with Gasteiger partial charge in [0, 0.05) is 32.1 Å². The number of carbonyl (C=O) groups excluding carboxylic acids is 1. The average Bonchev–Trinajstić information content (AvgIpc) is 2.70. The maximum absolute atomic E-state index is 12.0. The third-order valence-electron chi connectivity index (χ3n) is 3.66. The van der Waals surface area contributed by atoms with Crippen molar-refractivity contribution in [3.63, 3.8) is 0 Å². The fourth-order valence-electron chi connectivity index (χ4n) is 2.75. The third-order valence-corrected chi connectivity index (χ3v) is 3.66. The highest BCUT2D eigenvalue weighted by atomic mass is 35.5. The first-order chi connectivity index (χ1) is 7.25. The van der Waals surface area contributed by atoms with E-state index in [1.807, 2.05) is 4.90 Å². The number of hydrogen-bond donors (Lipinski definition) is 1. The Morgan fingerprint density at radius 2 is 2.06 bits per heavy atom. The second kappa shape index (κ2) is 6.45. The molecule has 94 valence electrons. The van der Waals surface area contributed by atoms with Crippen LogP contribution in [-0.4, -0.2) is 36.5 Å². The summed E-state index contributed by atoms with van der Waals surface area (Å²) in [5.41, 5.74) is 0. The molecule has 0 aromatic rings. The van der Waals surface area contributed by atoms with Gasteiger partial charge in [-0.25, -0.2) is 0 Å². The Hall–Kier alpha value is -0.280. The first-order valence-electron chi connectivity index (χ1n) is 6.27. The smallest absolute Gasteiger partial charge is 0.222 e. The highest BCUT2D eigenvalue weighted by Crippen LogP contribution is 2.28. The van der Waals surface area contributed by atoms with Crippen molar-refractivity contribution in [2.45, 2.75) is 45.1 Å². The fourth-order valence-corrected chi connectivity index (χ4v) is 2.75. The monoisotopic (exact) mass is 246 g/mol. The summed E-state index contributed by atoms with van der Waals surface area (Å²) in [6.45, 7) is 4.90. The molecule has 1 heterocycles. The van der Waals surface area contributed by atoms with Gasteiger partial charge in [-0.3, -0.25) is 4.79 Å². The summed E-state index contributed by atoms with van der Waals surface area (Å²) in [5.74, 6) is 1.07. The van der Waals surface area contributed by atoms with E-state index in [0.717, 1.165) is 26.1 Å². The van der Waals surface area contributed by atoms with Gasteiger partial charge in [-0.15, -0.1) is 12.4 Å². The van der Waals surface area contributed by atoms with Crippen LogP contribution in [0.15, 0.2) is 0 Å². The number of nitrogens with one attached hydrogen (secondary N) is 1. The molecule has 2 rings (SSSR count). The summed E-state index contributed by atoms with van der Waals surface area (Å²) in [5, 5.41) is 3.37.